The number of nitrogens with one attached hydrogen (secondary N) is 1. The van der Waals surface area contributed by atoms with E-state index < -0.39 is 0 Å². The number of hydrogen-bond donors (Lipinski definition) is 1. The Morgan fingerprint density at radius 1 is 1.25 bits per heavy atom. The topological polar surface area (TPSA) is 34.1 Å². The molecule has 16 heavy (non-hydrogen) atoms. The number of benzene rings is 1. The fourth-order valence-electron chi connectivity index (χ4n) is 1.35. The minimum Gasteiger partial charge on any atom is -0.493 e. The van der Waals surface area contributed by atoms with Gasteiger partial charge in [-0.2, -0.15) is 0 Å². The van der Waals surface area contributed by atoms with E-state index in [1.54, 1.807) is 13.3 Å². The summed E-state index contributed by atoms with van der Waals surface area (Å²) in [5.41, 5.74) is 0.879. The molecule has 0 amide bonds. The third-order valence-corrected chi connectivity index (χ3v) is 2.31. The van der Waals surface area contributed by atoms with E-state index >= 15 is 0 Å². The lowest BCUT2D eigenvalue weighted by molar-refractivity contribution is 0.415. The Morgan fingerprint density at radius 3 is 2.88 bits per heavy atom. The van der Waals surface area contributed by atoms with Gasteiger partial charge in [0.15, 0.2) is 11.6 Å². The smallest absolute Gasteiger partial charge is 0.173 e. The van der Waals surface area contributed by atoms with E-state index in [1.165, 1.54) is 0 Å². The number of nitrogens with zero attached hydrogens (tertiary/aromatic N) is 1. The highest BCUT2D eigenvalue weighted by atomic mass is 35.5. The van der Waals surface area contributed by atoms with Crippen molar-refractivity contribution in [1.29, 1.82) is 0 Å². The van der Waals surface area contributed by atoms with Crippen molar-refractivity contribution in [3.8, 4) is 5.75 Å². The molecule has 2 aromatic rings. The summed E-state index contributed by atoms with van der Waals surface area (Å²) in [6.07, 6.45) is 1.70. The molecule has 0 atom stereocenters. The van der Waals surface area contributed by atoms with Gasteiger partial charge in [-0.3, -0.25) is 0 Å². The third kappa shape index (κ3) is 2.44. The van der Waals surface area contributed by atoms with Crippen LogP contribution in [0.1, 0.15) is 0 Å². The average molecular weight is 235 g/mol. The molecule has 0 spiro atoms. The van der Waals surface area contributed by atoms with E-state index in [-0.39, 0.29) is 0 Å². The molecule has 0 aliphatic carbocycles. The van der Waals surface area contributed by atoms with Crippen LogP contribution in [0.25, 0.3) is 0 Å². The minimum absolute atomic E-state index is 0.673. The van der Waals surface area contributed by atoms with Gasteiger partial charge in [0.05, 0.1) is 7.11 Å². The van der Waals surface area contributed by atoms with Gasteiger partial charge >= 0.3 is 0 Å². The number of ether oxygens (including phenoxy) is 1. The quantitative estimate of drug-likeness (QED) is 0.883. The molecule has 1 aromatic heterocycles. The summed E-state index contributed by atoms with van der Waals surface area (Å²) in [4.78, 5) is 4.20. The highest BCUT2D eigenvalue weighted by molar-refractivity contribution is 6.30. The lowest BCUT2D eigenvalue weighted by Gasteiger charge is -2.09. The molecule has 0 saturated heterocycles. The van der Waals surface area contributed by atoms with Gasteiger partial charge in [-0.1, -0.05) is 17.7 Å². The van der Waals surface area contributed by atoms with E-state index in [0.717, 1.165) is 5.69 Å². The number of pyridine rings is 1. The van der Waals surface area contributed by atoms with Crippen LogP contribution >= 0.6 is 11.6 Å². The number of aromatic nitrogens is 1. The van der Waals surface area contributed by atoms with Crippen molar-refractivity contribution < 1.29 is 4.74 Å². The van der Waals surface area contributed by atoms with E-state index in [0.29, 0.717) is 16.6 Å². The maximum Gasteiger partial charge on any atom is 0.173 e. The van der Waals surface area contributed by atoms with Crippen molar-refractivity contribution >= 4 is 23.1 Å². The Morgan fingerprint density at radius 2 is 2.12 bits per heavy atom. The standard InChI is InChI=1S/C12H11ClN2O/c1-16-11-6-3-7-14-12(11)15-10-5-2-4-9(13)8-10/h2-8H,1H3,(H,14,15). The normalized spacial score (nSPS) is 9.88. The fourth-order valence-corrected chi connectivity index (χ4v) is 1.54. The first-order chi connectivity index (χ1) is 7.79. The molecular formula is C12H11ClN2O. The van der Waals surface area contributed by atoms with Crippen molar-refractivity contribution in [3.63, 3.8) is 0 Å². The second-order valence-corrected chi connectivity index (χ2v) is 3.63. The maximum atomic E-state index is 5.89. The first kappa shape index (κ1) is 10.8. The van der Waals surface area contributed by atoms with Crippen LogP contribution in [0.4, 0.5) is 11.5 Å². The molecule has 0 unspecified atom stereocenters. The lowest BCUT2D eigenvalue weighted by atomic mass is 10.3. The fraction of sp³-hybridized carbons (Fsp3) is 0.0833. The van der Waals surface area contributed by atoms with Gasteiger partial charge in [0.2, 0.25) is 0 Å². The number of halogens is 1. The summed E-state index contributed by atoms with van der Waals surface area (Å²) in [6, 6.07) is 11.1. The molecule has 1 heterocycles. The van der Waals surface area contributed by atoms with Gasteiger partial charge in [-0.25, -0.2) is 4.98 Å². The summed E-state index contributed by atoms with van der Waals surface area (Å²) in [5.74, 6) is 1.37. The second kappa shape index (κ2) is 4.86. The molecule has 1 aromatic carbocycles. The van der Waals surface area contributed by atoms with Crippen LogP contribution in [-0.4, -0.2) is 12.1 Å². The summed E-state index contributed by atoms with van der Waals surface area (Å²) < 4.78 is 5.19. The summed E-state index contributed by atoms with van der Waals surface area (Å²) in [5, 5.41) is 3.82. The first-order valence-corrected chi connectivity index (χ1v) is 5.19. The summed E-state index contributed by atoms with van der Waals surface area (Å²) in [6.45, 7) is 0. The maximum absolute atomic E-state index is 5.89. The van der Waals surface area contributed by atoms with E-state index in [4.69, 9.17) is 16.3 Å². The molecule has 0 aliphatic rings. The van der Waals surface area contributed by atoms with Crippen LogP contribution in [0.15, 0.2) is 42.6 Å². The zero-order valence-corrected chi connectivity index (χ0v) is 9.53. The van der Waals surface area contributed by atoms with Crippen molar-refractivity contribution in [2.75, 3.05) is 12.4 Å². The number of methoxy groups -OCH3 is 1. The van der Waals surface area contributed by atoms with Gasteiger partial charge in [-0.05, 0) is 30.3 Å². The van der Waals surface area contributed by atoms with Crippen LogP contribution in [0.2, 0.25) is 5.02 Å². The van der Waals surface area contributed by atoms with Crippen LogP contribution in [-0.2, 0) is 0 Å². The van der Waals surface area contributed by atoms with Crippen LogP contribution < -0.4 is 10.1 Å². The molecular weight excluding hydrogens is 224 g/mol. The van der Waals surface area contributed by atoms with Crippen LogP contribution in [0.3, 0.4) is 0 Å². The molecule has 4 heteroatoms. The highest BCUT2D eigenvalue weighted by Gasteiger charge is 2.03. The Bertz CT molecular complexity index is 488. The van der Waals surface area contributed by atoms with Crippen LogP contribution in [0.5, 0.6) is 5.75 Å². The van der Waals surface area contributed by atoms with Crippen molar-refractivity contribution in [2.45, 2.75) is 0 Å². The molecule has 0 bridgehead atoms. The molecule has 82 valence electrons. The van der Waals surface area contributed by atoms with Crippen molar-refractivity contribution in [1.82, 2.24) is 4.98 Å². The number of rotatable bonds is 3. The Balaban J connectivity index is 2.26. The predicted octanol–water partition coefficient (Wildman–Crippen LogP) is 3.49. The molecule has 0 radical (unpaired) electrons. The summed E-state index contributed by atoms with van der Waals surface area (Å²) >= 11 is 5.89. The molecule has 0 aliphatic heterocycles. The molecule has 0 saturated carbocycles. The average Bonchev–Trinajstić information content (AvgIpc) is 2.30. The molecule has 3 nitrogen and oxygen atoms in total. The Kier molecular flexibility index (Phi) is 3.27. The van der Waals surface area contributed by atoms with Crippen molar-refractivity contribution in [3.05, 3.63) is 47.6 Å². The zero-order chi connectivity index (χ0) is 11.4. The molecule has 2 rings (SSSR count). The third-order valence-electron chi connectivity index (χ3n) is 2.08. The van der Waals surface area contributed by atoms with Gasteiger partial charge in [0.25, 0.3) is 0 Å². The number of anilines is 2. The Labute approximate surface area is 99.0 Å². The van der Waals surface area contributed by atoms with Crippen LogP contribution in [0, 0.1) is 0 Å². The lowest BCUT2D eigenvalue weighted by Crippen LogP contribution is -1.96. The van der Waals surface area contributed by atoms with Gasteiger partial charge in [0.1, 0.15) is 0 Å². The Hall–Kier alpha value is -1.74. The van der Waals surface area contributed by atoms with Gasteiger partial charge < -0.3 is 10.1 Å². The predicted molar refractivity (Wildman–Crippen MR) is 65.5 cm³/mol. The van der Waals surface area contributed by atoms with Crippen molar-refractivity contribution in [2.24, 2.45) is 0 Å². The second-order valence-electron chi connectivity index (χ2n) is 3.19. The monoisotopic (exact) mass is 234 g/mol. The van der Waals surface area contributed by atoms with Gasteiger partial charge in [-0.15, -0.1) is 0 Å². The minimum atomic E-state index is 0.673. The largest absolute Gasteiger partial charge is 0.493 e. The van der Waals surface area contributed by atoms with E-state index in [1.807, 2.05) is 36.4 Å². The summed E-state index contributed by atoms with van der Waals surface area (Å²) in [7, 11) is 1.61. The zero-order valence-electron chi connectivity index (χ0n) is 8.77. The van der Waals surface area contributed by atoms with E-state index in [2.05, 4.69) is 10.3 Å². The first-order valence-electron chi connectivity index (χ1n) is 4.81. The number of hydrogen-bond acceptors (Lipinski definition) is 3. The van der Waals surface area contributed by atoms with Gasteiger partial charge in [0, 0.05) is 16.9 Å². The van der Waals surface area contributed by atoms with E-state index in [9.17, 15) is 0 Å². The molecule has 0 fully saturated rings. The molecule has 1 N–H and O–H groups in total. The highest BCUT2D eigenvalue weighted by Crippen LogP contribution is 2.25. The SMILES string of the molecule is COc1cccnc1Nc1cccc(Cl)c1.